The Kier molecular flexibility index (Phi) is 12.0. The Hall–Kier alpha value is -0.913. The van der Waals surface area contributed by atoms with Crippen molar-refractivity contribution in [2.45, 2.75) is 0 Å². The number of nitrogens with one attached hydrogen (secondary N) is 1. The predicted molar refractivity (Wildman–Crippen MR) is 29.8 cm³/mol. The molecule has 0 saturated carbocycles. The molecule has 0 aromatic heterocycles. The fourth-order valence-corrected chi connectivity index (χ4v) is 0.0581. The third-order valence-corrected chi connectivity index (χ3v) is 0.201. The summed E-state index contributed by atoms with van der Waals surface area (Å²) < 4.78 is 9.64. The summed E-state index contributed by atoms with van der Waals surface area (Å²) in [5.74, 6) is 0. The first-order valence-corrected chi connectivity index (χ1v) is 2.40. The first-order chi connectivity index (χ1) is 3.77. The van der Waals surface area contributed by atoms with E-state index in [0.717, 1.165) is 0 Å². The fourth-order valence-electron chi connectivity index (χ4n) is 0.0581. The van der Waals surface area contributed by atoms with Gasteiger partial charge in [0.1, 0.15) is 0 Å². The third kappa shape index (κ3) is 19.5. The second-order valence-corrected chi connectivity index (χ2v) is 0.626. The highest BCUT2D eigenvalue weighted by molar-refractivity contribution is 5.96. The summed E-state index contributed by atoms with van der Waals surface area (Å²) in [5.41, 5.74) is 4.42. The maximum absolute atomic E-state index is 9.64. The molecule has 0 saturated heterocycles. The van der Waals surface area contributed by atoms with Crippen LogP contribution < -0.4 is 11.1 Å². The van der Waals surface area contributed by atoms with Crippen LogP contribution in [0.5, 0.6) is 0 Å². The summed E-state index contributed by atoms with van der Waals surface area (Å²) in [7, 11) is -0.194. The molecule has 0 rings (SSSR count). The van der Waals surface area contributed by atoms with Gasteiger partial charge in [0.15, 0.2) is 0 Å². The minimum absolute atomic E-state index is 0.194. The van der Waals surface area contributed by atoms with Crippen LogP contribution >= 0.6 is 0 Å². The second kappa shape index (κ2) is 9.43. The molecule has 0 aliphatic rings. The highest BCUT2D eigenvalue weighted by Crippen LogP contribution is 1.41. The van der Waals surface area contributed by atoms with Gasteiger partial charge in [-0.15, -0.1) is 0 Å². The molecule has 6 heteroatoms. The summed E-state index contributed by atoms with van der Waals surface area (Å²) in [6, 6.07) is -0.829. The predicted octanol–water partition coefficient (Wildman–Crippen LogP) is -1.95. The summed E-state index contributed by atoms with van der Waals surface area (Å²) in [6.45, 7) is 0. The number of nitrogens with two attached hydrogens (primary N) is 1. The van der Waals surface area contributed by atoms with E-state index in [-0.39, 0.29) is 17.0 Å². The van der Waals surface area contributed by atoms with Gasteiger partial charge in [0.05, 0.1) is 0 Å². The summed E-state index contributed by atoms with van der Waals surface area (Å²) >= 11 is 0. The summed E-state index contributed by atoms with van der Waals surface area (Å²) in [4.78, 5) is 18.7. The standard InChI is InChI=1S/C2H4N2O2.FH3Si/c3-2(6)4-1-5;1-2/h1H,(H3,3,4,5,6);2H3. The number of amides is 3. The van der Waals surface area contributed by atoms with Gasteiger partial charge in [-0.1, -0.05) is 0 Å². The van der Waals surface area contributed by atoms with Crippen LogP contribution in [0.4, 0.5) is 8.90 Å². The summed E-state index contributed by atoms with van der Waals surface area (Å²) in [6.07, 6.45) is 0.225. The maximum Gasteiger partial charge on any atom is 0.318 e. The van der Waals surface area contributed by atoms with Gasteiger partial charge < -0.3 is 9.84 Å². The van der Waals surface area contributed by atoms with Crippen molar-refractivity contribution < 1.29 is 13.7 Å². The second-order valence-electron chi connectivity index (χ2n) is 0.626. The lowest BCUT2D eigenvalue weighted by atomic mass is 11.0. The molecule has 48 valence electrons. The number of hydrogen-bond donors (Lipinski definition) is 2. The molecule has 0 spiro atoms. The van der Waals surface area contributed by atoms with Crippen LogP contribution in [0.15, 0.2) is 0 Å². The lowest BCUT2D eigenvalue weighted by Gasteiger charge is -1.79. The molecule has 0 bridgehead atoms. The third-order valence-electron chi connectivity index (χ3n) is 0.201. The van der Waals surface area contributed by atoms with E-state index in [2.05, 4.69) is 5.73 Å². The van der Waals surface area contributed by atoms with Gasteiger partial charge in [0.25, 0.3) is 0 Å². The SMILES string of the molecule is F[SiH3].NC(=O)NC=O. The highest BCUT2D eigenvalue weighted by Gasteiger charge is 1.79. The number of carbonyl (C=O) groups excluding carboxylic acids is 2. The van der Waals surface area contributed by atoms with Crippen molar-refractivity contribution in [3.8, 4) is 0 Å². The number of carbonyl (C=O) groups is 2. The quantitative estimate of drug-likeness (QED) is 0.251. The van der Waals surface area contributed by atoms with Crippen molar-refractivity contribution in [3.05, 3.63) is 0 Å². The molecule has 0 aliphatic carbocycles. The molecule has 4 nitrogen and oxygen atoms in total. The van der Waals surface area contributed by atoms with Gasteiger partial charge in [0.2, 0.25) is 17.0 Å². The van der Waals surface area contributed by atoms with Crippen LogP contribution in [-0.2, 0) is 4.79 Å². The van der Waals surface area contributed by atoms with Gasteiger partial charge in [0, 0.05) is 0 Å². The summed E-state index contributed by atoms with van der Waals surface area (Å²) in [5, 5.41) is 1.67. The van der Waals surface area contributed by atoms with E-state index in [9.17, 15) is 13.7 Å². The van der Waals surface area contributed by atoms with Crippen molar-refractivity contribution in [3.63, 3.8) is 0 Å². The molecule has 0 aromatic rings. The Balaban J connectivity index is 0. The average Bonchev–Trinajstić information content (AvgIpc) is 1.72. The van der Waals surface area contributed by atoms with E-state index in [4.69, 9.17) is 0 Å². The zero-order chi connectivity index (χ0) is 6.99. The number of rotatable bonds is 1. The largest absolute Gasteiger partial charge is 0.351 e. The van der Waals surface area contributed by atoms with Gasteiger partial charge >= 0.3 is 6.03 Å². The highest BCUT2D eigenvalue weighted by atomic mass is 28.2. The smallest absolute Gasteiger partial charge is 0.318 e. The van der Waals surface area contributed by atoms with E-state index in [1.54, 1.807) is 5.32 Å². The minimum Gasteiger partial charge on any atom is -0.351 e. The molecule has 8 heavy (non-hydrogen) atoms. The van der Waals surface area contributed by atoms with Crippen LogP contribution in [0.25, 0.3) is 0 Å². The van der Waals surface area contributed by atoms with Crippen molar-refractivity contribution in [1.82, 2.24) is 5.32 Å². The Bertz CT molecular complexity index is 78.4. The fraction of sp³-hybridized carbons (Fsp3) is 0. The molecule has 0 atom stereocenters. The Labute approximate surface area is 48.8 Å². The molecule has 0 radical (unpaired) electrons. The molecule has 0 unspecified atom stereocenters. The number of hydrogen-bond acceptors (Lipinski definition) is 2. The molecule has 3 N–H and O–H groups in total. The number of halogens is 1. The van der Waals surface area contributed by atoms with E-state index in [1.165, 1.54) is 0 Å². The Morgan fingerprint density at radius 2 is 2.12 bits per heavy atom. The van der Waals surface area contributed by atoms with E-state index < -0.39 is 6.03 Å². The first kappa shape index (κ1) is 10.1. The normalized spacial score (nSPS) is 6.12. The molecule has 0 fully saturated rings. The first-order valence-electron chi connectivity index (χ1n) is 1.65. The van der Waals surface area contributed by atoms with Crippen LogP contribution in [0.1, 0.15) is 0 Å². The van der Waals surface area contributed by atoms with Gasteiger partial charge in [-0.2, -0.15) is 0 Å². The van der Waals surface area contributed by atoms with Gasteiger partial charge in [-0.25, -0.2) is 4.79 Å². The van der Waals surface area contributed by atoms with Crippen molar-refractivity contribution >= 4 is 23.0 Å². The number of imide groups is 1. The lowest BCUT2D eigenvalue weighted by molar-refractivity contribution is -0.108. The van der Waals surface area contributed by atoms with E-state index >= 15 is 0 Å². The molecular formula is C2H7FN2O2Si. The Morgan fingerprint density at radius 3 is 2.12 bits per heavy atom. The van der Waals surface area contributed by atoms with Crippen LogP contribution in [-0.4, -0.2) is 23.0 Å². The van der Waals surface area contributed by atoms with Crippen LogP contribution in [0, 0.1) is 0 Å². The van der Waals surface area contributed by atoms with Crippen LogP contribution in [0.2, 0.25) is 0 Å². The van der Waals surface area contributed by atoms with Crippen LogP contribution in [0.3, 0.4) is 0 Å². The average molecular weight is 138 g/mol. The van der Waals surface area contributed by atoms with Gasteiger partial charge in [-0.05, 0) is 0 Å². The molecular weight excluding hydrogens is 131 g/mol. The van der Waals surface area contributed by atoms with E-state index in [1.807, 2.05) is 0 Å². The monoisotopic (exact) mass is 138 g/mol. The van der Waals surface area contributed by atoms with Crippen molar-refractivity contribution in [2.24, 2.45) is 5.73 Å². The van der Waals surface area contributed by atoms with Crippen molar-refractivity contribution in [1.29, 1.82) is 0 Å². The van der Waals surface area contributed by atoms with E-state index in [0.29, 0.717) is 0 Å². The Morgan fingerprint density at radius 1 is 1.75 bits per heavy atom. The minimum atomic E-state index is -0.829. The number of primary amides is 1. The molecule has 0 aromatic carbocycles. The zero-order valence-corrected chi connectivity index (χ0v) is 6.35. The van der Waals surface area contributed by atoms with Gasteiger partial charge in [-0.3, -0.25) is 10.1 Å². The lowest BCUT2D eigenvalue weighted by Crippen LogP contribution is -2.27. The number of urea groups is 1. The maximum atomic E-state index is 9.64. The topological polar surface area (TPSA) is 72.2 Å². The van der Waals surface area contributed by atoms with Crippen molar-refractivity contribution in [2.75, 3.05) is 0 Å². The molecule has 0 aliphatic heterocycles. The molecule has 0 heterocycles. The molecule has 3 amide bonds. The zero-order valence-electron chi connectivity index (χ0n) is 4.35.